The highest BCUT2D eigenvalue weighted by Crippen LogP contribution is 2.22. The molecule has 38 heavy (non-hydrogen) atoms. The van der Waals surface area contributed by atoms with Crippen LogP contribution in [0.25, 0.3) is 0 Å². The van der Waals surface area contributed by atoms with E-state index >= 15 is 0 Å². The van der Waals surface area contributed by atoms with Crippen molar-refractivity contribution in [1.82, 2.24) is 29.7 Å². The van der Waals surface area contributed by atoms with Gasteiger partial charge in [0.2, 0.25) is 0 Å². The molecule has 2 aliphatic rings. The summed E-state index contributed by atoms with van der Waals surface area (Å²) in [6, 6.07) is 15.2. The molecule has 0 radical (unpaired) electrons. The van der Waals surface area contributed by atoms with E-state index in [-0.39, 0.29) is 5.91 Å². The fraction of sp³-hybridized carbons (Fsp3) is 0.500. The van der Waals surface area contributed by atoms with Crippen molar-refractivity contribution in [2.24, 2.45) is 0 Å². The van der Waals surface area contributed by atoms with Crippen LogP contribution in [0.5, 0.6) is 0 Å². The number of hydrogen-bond acceptors (Lipinski definition) is 6. The Hall–Kier alpha value is -3.23. The number of carbonyl (C=O) groups is 1. The fourth-order valence-corrected chi connectivity index (χ4v) is 5.70. The number of nitrogens with zero attached hydrogens (tertiary/aromatic N) is 6. The largest absolute Gasteiger partial charge is 0.355 e. The SMILES string of the molecule is Cc1ccccc1CN1CCC(N2CCCN(c3cccc(C(=O)NCCCn4ccnc4)n3)CC2)CC1. The zero-order valence-corrected chi connectivity index (χ0v) is 22.6. The molecular weight excluding hydrogens is 474 g/mol. The van der Waals surface area contributed by atoms with Crippen molar-refractivity contribution in [2.45, 2.75) is 51.7 Å². The Morgan fingerprint density at radius 2 is 1.87 bits per heavy atom. The lowest BCUT2D eigenvalue weighted by Crippen LogP contribution is -2.46. The van der Waals surface area contributed by atoms with E-state index in [0.29, 0.717) is 18.3 Å². The molecule has 2 fully saturated rings. The molecule has 5 rings (SSSR count). The Morgan fingerprint density at radius 1 is 1.00 bits per heavy atom. The normalized spacial score (nSPS) is 17.9. The average Bonchev–Trinajstić information content (AvgIpc) is 3.35. The second kappa shape index (κ2) is 13.0. The number of rotatable bonds is 9. The predicted molar refractivity (Wildman–Crippen MR) is 151 cm³/mol. The van der Waals surface area contributed by atoms with E-state index in [1.807, 2.05) is 29.0 Å². The van der Waals surface area contributed by atoms with Crippen molar-refractivity contribution in [3.8, 4) is 0 Å². The number of likely N-dealkylation sites (tertiary alicyclic amines) is 1. The molecular formula is C30H41N7O. The summed E-state index contributed by atoms with van der Waals surface area (Å²) in [5, 5.41) is 3.01. The van der Waals surface area contributed by atoms with Crippen LogP contribution in [0, 0.1) is 6.92 Å². The highest BCUT2D eigenvalue weighted by Gasteiger charge is 2.27. The van der Waals surface area contributed by atoms with Crippen LogP contribution in [0.1, 0.15) is 47.3 Å². The molecule has 8 heteroatoms. The molecule has 202 valence electrons. The molecule has 4 heterocycles. The van der Waals surface area contributed by atoms with E-state index in [1.165, 1.54) is 37.1 Å². The third-order valence-corrected chi connectivity index (χ3v) is 7.99. The van der Waals surface area contributed by atoms with Gasteiger partial charge < -0.3 is 14.8 Å². The maximum absolute atomic E-state index is 12.7. The zero-order chi connectivity index (χ0) is 26.2. The molecule has 3 aromatic rings. The minimum absolute atomic E-state index is 0.105. The van der Waals surface area contributed by atoms with Crippen LogP contribution in [-0.2, 0) is 13.1 Å². The molecule has 1 amide bonds. The first kappa shape index (κ1) is 26.4. The standard InChI is InChI=1S/C30H41N7O/c1-25-7-2-3-8-26(25)23-34-18-11-27(12-19-34)36-16-6-17-37(22-21-36)29-10-4-9-28(33-29)30(38)32-13-5-15-35-20-14-31-24-35/h2-4,7-10,14,20,24,27H,5-6,11-13,15-19,21-23H2,1H3,(H,32,38). The van der Waals surface area contributed by atoms with Crippen molar-refractivity contribution < 1.29 is 4.79 Å². The van der Waals surface area contributed by atoms with Gasteiger partial charge in [-0.15, -0.1) is 0 Å². The van der Waals surface area contributed by atoms with E-state index in [4.69, 9.17) is 4.98 Å². The summed E-state index contributed by atoms with van der Waals surface area (Å²) in [6.07, 6.45) is 9.95. The molecule has 0 unspecified atom stereocenters. The van der Waals surface area contributed by atoms with Crippen LogP contribution in [0.2, 0.25) is 0 Å². The van der Waals surface area contributed by atoms with Crippen molar-refractivity contribution in [3.63, 3.8) is 0 Å². The van der Waals surface area contributed by atoms with Gasteiger partial charge in [0.1, 0.15) is 11.5 Å². The summed E-state index contributed by atoms with van der Waals surface area (Å²) in [5.74, 6) is 0.803. The predicted octanol–water partition coefficient (Wildman–Crippen LogP) is 3.58. The van der Waals surface area contributed by atoms with Gasteiger partial charge in [-0.25, -0.2) is 9.97 Å². The molecule has 0 aliphatic carbocycles. The molecule has 0 bridgehead atoms. The van der Waals surface area contributed by atoms with E-state index in [1.54, 1.807) is 12.5 Å². The quantitative estimate of drug-likeness (QED) is 0.440. The first-order valence-electron chi connectivity index (χ1n) is 14.1. The van der Waals surface area contributed by atoms with E-state index in [2.05, 4.69) is 56.2 Å². The number of piperidine rings is 1. The van der Waals surface area contributed by atoms with Gasteiger partial charge in [0.25, 0.3) is 5.91 Å². The molecule has 1 N–H and O–H groups in total. The lowest BCUT2D eigenvalue weighted by molar-refractivity contribution is 0.0948. The number of aromatic nitrogens is 3. The first-order chi connectivity index (χ1) is 18.7. The van der Waals surface area contributed by atoms with Gasteiger partial charge in [0.05, 0.1) is 6.33 Å². The fourth-order valence-electron chi connectivity index (χ4n) is 5.70. The Balaban J connectivity index is 1.08. The van der Waals surface area contributed by atoms with E-state index in [9.17, 15) is 4.79 Å². The zero-order valence-electron chi connectivity index (χ0n) is 22.6. The maximum Gasteiger partial charge on any atom is 0.269 e. The number of aryl methyl sites for hydroxylation is 2. The van der Waals surface area contributed by atoms with Gasteiger partial charge in [-0.05, 0) is 69.0 Å². The number of nitrogens with one attached hydrogen (secondary N) is 1. The number of amides is 1. The number of pyridine rings is 1. The lowest BCUT2D eigenvalue weighted by Gasteiger charge is -2.38. The summed E-state index contributed by atoms with van der Waals surface area (Å²) in [7, 11) is 0. The van der Waals surface area contributed by atoms with Crippen molar-refractivity contribution in [3.05, 3.63) is 78.0 Å². The molecule has 1 aromatic carbocycles. The molecule has 0 atom stereocenters. The van der Waals surface area contributed by atoms with Crippen LogP contribution < -0.4 is 10.2 Å². The van der Waals surface area contributed by atoms with Crippen molar-refractivity contribution in [2.75, 3.05) is 50.7 Å². The first-order valence-corrected chi connectivity index (χ1v) is 14.1. The van der Waals surface area contributed by atoms with Gasteiger partial charge >= 0.3 is 0 Å². The lowest BCUT2D eigenvalue weighted by atomic mass is 10.0. The van der Waals surface area contributed by atoms with Crippen LogP contribution >= 0.6 is 0 Å². The summed E-state index contributed by atoms with van der Waals surface area (Å²) in [5.41, 5.74) is 3.34. The van der Waals surface area contributed by atoms with Crippen LogP contribution in [-0.4, -0.2) is 82.1 Å². The van der Waals surface area contributed by atoms with E-state index < -0.39 is 0 Å². The minimum atomic E-state index is -0.105. The molecule has 8 nitrogen and oxygen atoms in total. The number of hydrogen-bond donors (Lipinski definition) is 1. The smallest absolute Gasteiger partial charge is 0.269 e. The monoisotopic (exact) mass is 515 g/mol. The molecule has 2 saturated heterocycles. The van der Waals surface area contributed by atoms with E-state index in [0.717, 1.165) is 57.9 Å². The van der Waals surface area contributed by atoms with Crippen molar-refractivity contribution >= 4 is 11.7 Å². The number of benzene rings is 1. The number of imidazole rings is 1. The van der Waals surface area contributed by atoms with Gasteiger partial charge in [0.15, 0.2) is 0 Å². The van der Waals surface area contributed by atoms with Gasteiger partial charge in [-0.2, -0.15) is 0 Å². The van der Waals surface area contributed by atoms with Crippen LogP contribution in [0.15, 0.2) is 61.2 Å². The third-order valence-electron chi connectivity index (χ3n) is 7.99. The van der Waals surface area contributed by atoms with Crippen LogP contribution in [0.3, 0.4) is 0 Å². The second-order valence-electron chi connectivity index (χ2n) is 10.6. The topological polar surface area (TPSA) is 69.5 Å². The summed E-state index contributed by atoms with van der Waals surface area (Å²) < 4.78 is 2.02. The summed E-state index contributed by atoms with van der Waals surface area (Å²) >= 11 is 0. The highest BCUT2D eigenvalue weighted by molar-refractivity contribution is 5.92. The summed E-state index contributed by atoms with van der Waals surface area (Å²) in [4.78, 5) is 29.1. The Labute approximate surface area is 226 Å². The Morgan fingerprint density at radius 3 is 2.68 bits per heavy atom. The molecule has 2 aliphatic heterocycles. The van der Waals surface area contributed by atoms with Gasteiger partial charge in [-0.1, -0.05) is 30.3 Å². The maximum atomic E-state index is 12.7. The second-order valence-corrected chi connectivity index (χ2v) is 10.6. The number of carbonyl (C=O) groups excluding carboxylic acids is 1. The molecule has 2 aromatic heterocycles. The Kier molecular flexibility index (Phi) is 9.04. The Bertz CT molecular complexity index is 1160. The molecule has 0 spiro atoms. The highest BCUT2D eigenvalue weighted by atomic mass is 16.1. The minimum Gasteiger partial charge on any atom is -0.355 e. The van der Waals surface area contributed by atoms with Crippen LogP contribution in [0.4, 0.5) is 5.82 Å². The molecule has 0 saturated carbocycles. The summed E-state index contributed by atoms with van der Waals surface area (Å²) in [6.45, 7) is 11.2. The average molecular weight is 516 g/mol. The van der Waals surface area contributed by atoms with Crippen molar-refractivity contribution in [1.29, 1.82) is 0 Å². The number of anilines is 1. The van der Waals surface area contributed by atoms with Gasteiger partial charge in [-0.3, -0.25) is 14.6 Å². The van der Waals surface area contributed by atoms with Gasteiger partial charge in [0, 0.05) is 64.2 Å². The third kappa shape index (κ3) is 6.99.